The fourth-order valence-corrected chi connectivity index (χ4v) is 2.14. The fraction of sp³-hybridized carbons (Fsp3) is 0.0625. The molecule has 0 bridgehead atoms. The van der Waals surface area contributed by atoms with Crippen molar-refractivity contribution in [3.05, 3.63) is 59.5 Å². The average Bonchev–Trinajstić information content (AvgIpc) is 3.04. The molecule has 0 radical (unpaired) electrons. The van der Waals surface area contributed by atoms with Gasteiger partial charge < -0.3 is 9.95 Å². The predicted octanol–water partition coefficient (Wildman–Crippen LogP) is 2.94. The number of carbonyl (C=O) groups is 1. The Balaban J connectivity index is 1.79. The molecule has 0 saturated heterocycles. The van der Waals surface area contributed by atoms with Crippen molar-refractivity contribution in [2.45, 2.75) is 6.04 Å². The Kier molecular flexibility index (Phi) is 4.36. The average molecular weight is 346 g/mol. The number of nitrogens with zero attached hydrogens (tertiary/aromatic N) is 2. The van der Waals surface area contributed by atoms with Crippen LogP contribution in [0.5, 0.6) is 0 Å². The second-order valence-corrected chi connectivity index (χ2v) is 4.98. The lowest BCUT2D eigenvalue weighted by Crippen LogP contribution is -2.39. The van der Waals surface area contributed by atoms with Crippen LogP contribution in [-0.2, 0) is 0 Å². The van der Waals surface area contributed by atoms with Crippen LogP contribution in [0.3, 0.4) is 0 Å². The minimum Gasteiger partial charge on any atom is -0.356 e. The van der Waals surface area contributed by atoms with Crippen LogP contribution in [0.15, 0.2) is 40.9 Å². The van der Waals surface area contributed by atoms with Crippen LogP contribution in [0.25, 0.3) is 11.0 Å². The first-order chi connectivity index (χ1) is 12.0. The van der Waals surface area contributed by atoms with Gasteiger partial charge in [0.2, 0.25) is 5.78 Å². The number of ketones is 1. The van der Waals surface area contributed by atoms with Crippen molar-refractivity contribution < 1.29 is 22.5 Å². The number of Topliss-reactive ketones (excluding diaryl/α,β-unsaturated/α-hetero) is 1. The van der Waals surface area contributed by atoms with Crippen molar-refractivity contribution in [2.75, 3.05) is 5.43 Å². The standard InChI is InChI=1S/C16H9F3N4O2/c17-10-5-8(6-11(18)14(10)19)21-22-12(7-20)16(24)15-9-3-1-2-4-13(9)25-23-15/h1-6,12,21-22H. The third-order valence-electron chi connectivity index (χ3n) is 3.35. The van der Waals surface area contributed by atoms with Gasteiger partial charge in [-0.2, -0.15) is 5.26 Å². The van der Waals surface area contributed by atoms with Gasteiger partial charge >= 0.3 is 0 Å². The molecule has 0 amide bonds. The highest BCUT2D eigenvalue weighted by Gasteiger charge is 2.25. The predicted molar refractivity (Wildman–Crippen MR) is 80.8 cm³/mol. The van der Waals surface area contributed by atoms with Gasteiger partial charge in [0.1, 0.15) is 0 Å². The van der Waals surface area contributed by atoms with Crippen LogP contribution in [0.2, 0.25) is 0 Å². The number of nitrogens with one attached hydrogen (secondary N) is 2. The normalized spacial score (nSPS) is 11.9. The molecule has 3 rings (SSSR count). The quantitative estimate of drug-likeness (QED) is 0.419. The molecule has 2 aromatic carbocycles. The Labute approximate surface area is 138 Å². The van der Waals surface area contributed by atoms with E-state index in [4.69, 9.17) is 9.78 Å². The summed E-state index contributed by atoms with van der Waals surface area (Å²) in [7, 11) is 0. The number of aromatic nitrogens is 1. The highest BCUT2D eigenvalue weighted by atomic mass is 19.2. The molecule has 2 N–H and O–H groups in total. The van der Waals surface area contributed by atoms with Crippen molar-refractivity contribution >= 4 is 22.4 Å². The van der Waals surface area contributed by atoms with E-state index in [2.05, 4.69) is 16.0 Å². The minimum absolute atomic E-state index is 0.0621. The maximum Gasteiger partial charge on any atom is 0.218 e. The summed E-state index contributed by atoms with van der Waals surface area (Å²) < 4.78 is 44.2. The first-order valence-corrected chi connectivity index (χ1v) is 6.95. The topological polar surface area (TPSA) is 91.0 Å². The van der Waals surface area contributed by atoms with Crippen LogP contribution in [0, 0.1) is 28.8 Å². The zero-order valence-corrected chi connectivity index (χ0v) is 12.4. The van der Waals surface area contributed by atoms with E-state index in [1.165, 1.54) is 0 Å². The maximum atomic E-state index is 13.2. The third kappa shape index (κ3) is 3.15. The van der Waals surface area contributed by atoms with Crippen molar-refractivity contribution in [2.24, 2.45) is 0 Å². The number of para-hydroxylation sites is 1. The van der Waals surface area contributed by atoms with Gasteiger partial charge in [-0.15, -0.1) is 0 Å². The lowest BCUT2D eigenvalue weighted by Gasteiger charge is -2.12. The number of hydrazine groups is 1. The largest absolute Gasteiger partial charge is 0.356 e. The van der Waals surface area contributed by atoms with E-state index in [9.17, 15) is 18.0 Å². The SMILES string of the molecule is N#CC(NNc1cc(F)c(F)c(F)c1)C(=O)c1noc2ccccc12. The zero-order chi connectivity index (χ0) is 18.0. The monoisotopic (exact) mass is 346 g/mol. The molecule has 0 aliphatic heterocycles. The van der Waals surface area contributed by atoms with Crippen LogP contribution in [-0.4, -0.2) is 17.0 Å². The Hall–Kier alpha value is -3.38. The van der Waals surface area contributed by atoms with E-state index in [0.717, 1.165) is 0 Å². The summed E-state index contributed by atoms with van der Waals surface area (Å²) in [5.74, 6) is -5.14. The van der Waals surface area contributed by atoms with E-state index in [-0.39, 0.29) is 11.4 Å². The van der Waals surface area contributed by atoms with Gasteiger partial charge in [-0.1, -0.05) is 17.3 Å². The van der Waals surface area contributed by atoms with E-state index >= 15 is 0 Å². The molecule has 0 saturated carbocycles. The summed E-state index contributed by atoms with van der Waals surface area (Å²) in [6.07, 6.45) is 0. The van der Waals surface area contributed by atoms with E-state index < -0.39 is 29.3 Å². The summed E-state index contributed by atoms with van der Waals surface area (Å²) in [6, 6.07) is 8.21. The van der Waals surface area contributed by atoms with Crippen molar-refractivity contribution in [3.8, 4) is 6.07 Å². The lowest BCUT2D eigenvalue weighted by atomic mass is 10.1. The van der Waals surface area contributed by atoms with E-state index in [1.54, 1.807) is 30.3 Å². The number of rotatable bonds is 5. The summed E-state index contributed by atoms with van der Waals surface area (Å²) in [5, 5.41) is 13.2. The number of anilines is 1. The molecular weight excluding hydrogens is 337 g/mol. The number of fused-ring (bicyclic) bond motifs is 1. The van der Waals surface area contributed by atoms with Gasteiger partial charge in [-0.05, 0) is 12.1 Å². The highest BCUT2D eigenvalue weighted by Crippen LogP contribution is 2.20. The third-order valence-corrected chi connectivity index (χ3v) is 3.35. The number of benzene rings is 2. The van der Waals surface area contributed by atoms with Crippen LogP contribution in [0.1, 0.15) is 10.5 Å². The first-order valence-electron chi connectivity index (χ1n) is 6.95. The fourth-order valence-electron chi connectivity index (χ4n) is 2.14. The Morgan fingerprint density at radius 2 is 1.88 bits per heavy atom. The van der Waals surface area contributed by atoms with Crippen LogP contribution >= 0.6 is 0 Å². The smallest absolute Gasteiger partial charge is 0.218 e. The first kappa shape index (κ1) is 16.5. The second kappa shape index (κ2) is 6.62. The molecule has 1 heterocycles. The molecular formula is C16H9F3N4O2. The van der Waals surface area contributed by atoms with Gasteiger partial charge in [0.05, 0.1) is 17.1 Å². The molecule has 126 valence electrons. The Morgan fingerprint density at radius 3 is 2.56 bits per heavy atom. The van der Waals surface area contributed by atoms with Crippen molar-refractivity contribution in [1.82, 2.24) is 10.6 Å². The molecule has 6 nitrogen and oxygen atoms in total. The second-order valence-electron chi connectivity index (χ2n) is 4.98. The molecule has 3 aromatic rings. The van der Waals surface area contributed by atoms with E-state index in [0.29, 0.717) is 23.1 Å². The number of nitriles is 1. The minimum atomic E-state index is -1.62. The number of carbonyl (C=O) groups excluding carboxylic acids is 1. The summed E-state index contributed by atoms with van der Waals surface area (Å²) >= 11 is 0. The van der Waals surface area contributed by atoms with Crippen molar-refractivity contribution in [3.63, 3.8) is 0 Å². The van der Waals surface area contributed by atoms with Gasteiger partial charge in [-0.25, -0.2) is 18.6 Å². The van der Waals surface area contributed by atoms with E-state index in [1.807, 2.05) is 0 Å². The van der Waals surface area contributed by atoms with Gasteiger partial charge in [0.25, 0.3) is 0 Å². The number of halogens is 3. The van der Waals surface area contributed by atoms with Crippen molar-refractivity contribution in [1.29, 1.82) is 5.26 Å². The molecule has 25 heavy (non-hydrogen) atoms. The summed E-state index contributed by atoms with van der Waals surface area (Å²) in [6.45, 7) is 0. The molecule has 9 heteroatoms. The zero-order valence-electron chi connectivity index (χ0n) is 12.4. The number of hydrogen-bond acceptors (Lipinski definition) is 6. The lowest BCUT2D eigenvalue weighted by molar-refractivity contribution is 0.0962. The van der Waals surface area contributed by atoms with Gasteiger partial charge in [-0.3, -0.25) is 4.79 Å². The summed E-state index contributed by atoms with van der Waals surface area (Å²) in [4.78, 5) is 12.4. The highest BCUT2D eigenvalue weighted by molar-refractivity contribution is 6.09. The Bertz CT molecular complexity index is 973. The number of hydrogen-bond donors (Lipinski definition) is 2. The molecule has 0 spiro atoms. The Morgan fingerprint density at radius 1 is 1.20 bits per heavy atom. The molecule has 1 aromatic heterocycles. The molecule has 0 aliphatic carbocycles. The van der Waals surface area contributed by atoms with Gasteiger partial charge in [0, 0.05) is 12.1 Å². The van der Waals surface area contributed by atoms with Crippen LogP contribution in [0.4, 0.5) is 18.9 Å². The molecule has 1 unspecified atom stereocenters. The van der Waals surface area contributed by atoms with Crippen LogP contribution < -0.4 is 10.9 Å². The van der Waals surface area contributed by atoms with Gasteiger partial charge in [0.15, 0.2) is 34.8 Å². The summed E-state index contributed by atoms with van der Waals surface area (Å²) in [5.41, 5.74) is 4.72. The maximum absolute atomic E-state index is 13.2. The molecule has 0 aliphatic rings. The molecule has 0 fully saturated rings. The molecule has 1 atom stereocenters.